The number of hydrogen-bond acceptors (Lipinski definition) is 4. The molecule has 70 heavy (non-hydrogen) atoms. The van der Waals surface area contributed by atoms with Crippen molar-refractivity contribution in [2.45, 2.75) is 98.2 Å². The summed E-state index contributed by atoms with van der Waals surface area (Å²) < 4.78 is 9.28. The zero-order chi connectivity index (χ0) is 48.6. The van der Waals surface area contributed by atoms with Crippen LogP contribution in [0.1, 0.15) is 79.0 Å². The van der Waals surface area contributed by atoms with Crippen LogP contribution in [0.3, 0.4) is 0 Å². The van der Waals surface area contributed by atoms with Gasteiger partial charge in [0.2, 0.25) is 0 Å². The summed E-state index contributed by atoms with van der Waals surface area (Å²) in [6.45, 7) is 29.9. The fourth-order valence-corrected chi connectivity index (χ4v) is 10.6. The van der Waals surface area contributed by atoms with Gasteiger partial charge in [-0.25, -0.2) is 4.98 Å². The predicted molar refractivity (Wildman–Crippen MR) is 294 cm³/mol. The number of ether oxygens (including phenoxy) is 1. The van der Waals surface area contributed by atoms with Crippen molar-refractivity contribution >= 4 is 57.8 Å². The first kappa shape index (κ1) is 48.8. The summed E-state index contributed by atoms with van der Waals surface area (Å²) in [5, 5.41) is 3.67. The molecule has 0 amide bonds. The second-order valence-electron chi connectivity index (χ2n) is 22.8. The first-order valence-corrected chi connectivity index (χ1v) is 27.8. The zero-order valence-corrected chi connectivity index (χ0v) is 45.9. The van der Waals surface area contributed by atoms with Gasteiger partial charge in [-0.2, -0.15) is 6.07 Å². The summed E-state index contributed by atoms with van der Waals surface area (Å²) in [7, 11) is -1.65. The summed E-state index contributed by atoms with van der Waals surface area (Å²) in [6.07, 6.45) is 1.93. The first-order valence-electron chi connectivity index (χ1n) is 24.3. The molecule has 0 fully saturated rings. The summed E-state index contributed by atoms with van der Waals surface area (Å²) >= 11 is 0. The molecule has 7 heteroatoms. The monoisotopic (exact) mass is 1110 g/mol. The van der Waals surface area contributed by atoms with Crippen molar-refractivity contribution in [2.24, 2.45) is 0 Å². The van der Waals surface area contributed by atoms with Crippen LogP contribution in [0.4, 0.5) is 22.7 Å². The van der Waals surface area contributed by atoms with Crippen LogP contribution in [0.2, 0.25) is 19.6 Å². The predicted octanol–water partition coefficient (Wildman–Crippen LogP) is 16.7. The van der Waals surface area contributed by atoms with Crippen LogP contribution < -0.4 is 19.7 Å². The summed E-state index contributed by atoms with van der Waals surface area (Å²) in [4.78, 5) is 9.59. The standard InChI is InChI=1S/C63H63N4OSi.Pt/c1-61(2,3)45-30-31-64-59(37-45)67-55-27-17-16-26-53(55)60-54(44-22-18-25-52(32-44)69(10,11)12)39-51(40-58(60)67)68-50-24-19-23-48(38-50)65-41-66(49-35-46(62(4,5)6)34-47(36-49)63(7,8)9)56-29-28-43(33-57(56)65)42-20-14-13-15-21-42;/h13-37,39,41H,1-12H3;/q-3;. The molecule has 1 aliphatic heterocycles. The SMILES string of the molecule is CC(C)(C)c1cc(N2[CH-]N(c3[c-]c(Oc4[c-]c5c(c(-c6cccc([Si](C)(C)C)c6)c4)c4ccccc4n5-c4cc(C(C)(C)C)ccn4)ccc3)c3cc(-c4ccccc4)ccc32)cc(C(C)(C)C)c1.[Pt]. The summed E-state index contributed by atoms with van der Waals surface area (Å²) in [6, 6.07) is 62.4. The molecule has 7 aromatic carbocycles. The van der Waals surface area contributed by atoms with Crippen LogP contribution in [0.25, 0.3) is 49.9 Å². The Morgan fingerprint density at radius 3 is 1.91 bits per heavy atom. The van der Waals surface area contributed by atoms with E-state index >= 15 is 0 Å². The first-order chi connectivity index (χ1) is 32.7. The van der Waals surface area contributed by atoms with E-state index in [-0.39, 0.29) is 37.3 Å². The molecule has 10 rings (SSSR count). The van der Waals surface area contributed by atoms with Gasteiger partial charge in [-0.05, 0) is 97.5 Å². The van der Waals surface area contributed by atoms with Gasteiger partial charge in [0.15, 0.2) is 0 Å². The smallest absolute Gasteiger partial charge is 0.135 e. The molecule has 9 aromatic rings. The minimum absolute atomic E-state index is 0. The third-order valence-corrected chi connectivity index (χ3v) is 15.6. The van der Waals surface area contributed by atoms with Crippen molar-refractivity contribution in [2.75, 3.05) is 9.80 Å². The van der Waals surface area contributed by atoms with Crippen LogP contribution in [0.15, 0.2) is 158 Å². The Morgan fingerprint density at radius 2 is 1.21 bits per heavy atom. The second-order valence-corrected chi connectivity index (χ2v) is 27.9. The minimum atomic E-state index is -1.65. The van der Waals surface area contributed by atoms with E-state index in [1.165, 1.54) is 27.4 Å². The number of rotatable bonds is 8. The number of para-hydroxylation sites is 1. The molecule has 0 N–H and O–H groups in total. The molecule has 0 spiro atoms. The van der Waals surface area contributed by atoms with Gasteiger partial charge in [0, 0.05) is 61.3 Å². The fourth-order valence-electron chi connectivity index (χ4n) is 9.41. The topological polar surface area (TPSA) is 33.5 Å². The molecule has 358 valence electrons. The molecule has 0 saturated carbocycles. The molecule has 0 unspecified atom stereocenters. The number of fused-ring (bicyclic) bond motifs is 4. The van der Waals surface area contributed by atoms with Gasteiger partial charge in [0.1, 0.15) is 5.82 Å². The van der Waals surface area contributed by atoms with E-state index < -0.39 is 8.07 Å². The van der Waals surface area contributed by atoms with Crippen molar-refractivity contribution < 1.29 is 25.8 Å². The van der Waals surface area contributed by atoms with E-state index in [9.17, 15) is 0 Å². The van der Waals surface area contributed by atoms with Crippen LogP contribution in [-0.4, -0.2) is 17.6 Å². The van der Waals surface area contributed by atoms with Gasteiger partial charge in [-0.15, -0.1) is 48.3 Å². The molecular formula is C63H63N4OPtSi-3. The van der Waals surface area contributed by atoms with E-state index in [2.05, 4.69) is 261 Å². The van der Waals surface area contributed by atoms with Gasteiger partial charge < -0.3 is 19.1 Å². The van der Waals surface area contributed by atoms with E-state index in [1.54, 1.807) is 0 Å². The molecule has 0 aliphatic carbocycles. The third kappa shape index (κ3) is 9.41. The molecular weight excluding hydrogens is 1050 g/mol. The molecule has 2 aromatic heterocycles. The van der Waals surface area contributed by atoms with Crippen LogP contribution >= 0.6 is 0 Å². The number of anilines is 4. The summed E-state index contributed by atoms with van der Waals surface area (Å²) in [5.41, 5.74) is 14.4. The zero-order valence-electron chi connectivity index (χ0n) is 42.6. The number of aromatic nitrogens is 2. The molecule has 1 aliphatic rings. The maximum absolute atomic E-state index is 7.02. The molecule has 0 saturated heterocycles. The number of nitrogens with zero attached hydrogens (tertiary/aromatic N) is 4. The Hall–Kier alpha value is -6.20. The normalized spacial score (nSPS) is 13.2. The number of pyridine rings is 1. The maximum Gasteiger partial charge on any atom is 0.135 e. The largest absolute Gasteiger partial charge is 0.509 e. The molecule has 3 heterocycles. The number of benzene rings is 7. The van der Waals surface area contributed by atoms with E-state index in [1.807, 2.05) is 12.3 Å². The third-order valence-electron chi connectivity index (χ3n) is 13.5. The second kappa shape index (κ2) is 18.2. The molecule has 5 nitrogen and oxygen atoms in total. The van der Waals surface area contributed by atoms with Gasteiger partial charge >= 0.3 is 0 Å². The van der Waals surface area contributed by atoms with E-state index in [0.29, 0.717) is 11.5 Å². The Kier molecular flexibility index (Phi) is 12.7. The van der Waals surface area contributed by atoms with Crippen LogP contribution in [-0.2, 0) is 37.3 Å². The van der Waals surface area contributed by atoms with E-state index in [0.717, 1.165) is 67.1 Å². The Labute approximate surface area is 431 Å². The molecule has 0 atom stereocenters. The quantitative estimate of drug-likeness (QED) is 0.112. The van der Waals surface area contributed by atoms with Crippen molar-refractivity contribution in [1.29, 1.82) is 0 Å². The minimum Gasteiger partial charge on any atom is -0.509 e. The van der Waals surface area contributed by atoms with Crippen molar-refractivity contribution in [3.63, 3.8) is 0 Å². The van der Waals surface area contributed by atoms with Gasteiger partial charge in [0.05, 0.1) is 8.07 Å². The Morgan fingerprint density at radius 1 is 0.543 bits per heavy atom. The molecule has 0 radical (unpaired) electrons. The van der Waals surface area contributed by atoms with Gasteiger partial charge in [-0.3, -0.25) is 0 Å². The van der Waals surface area contributed by atoms with Crippen molar-refractivity contribution in [3.05, 3.63) is 193 Å². The van der Waals surface area contributed by atoms with E-state index in [4.69, 9.17) is 9.72 Å². The fraction of sp³-hybridized carbons (Fsp3) is 0.238. The molecule has 0 bridgehead atoms. The van der Waals surface area contributed by atoms with Gasteiger partial charge in [-0.1, -0.05) is 183 Å². The maximum atomic E-state index is 7.02. The van der Waals surface area contributed by atoms with Gasteiger partial charge in [0.25, 0.3) is 0 Å². The summed E-state index contributed by atoms with van der Waals surface area (Å²) in [5.74, 6) is 2.05. The average Bonchev–Trinajstić information content (AvgIpc) is 3.86. The Bertz CT molecular complexity index is 3370. The van der Waals surface area contributed by atoms with Crippen molar-refractivity contribution in [3.8, 4) is 39.6 Å². The van der Waals surface area contributed by atoms with Crippen LogP contribution in [0, 0.1) is 18.8 Å². The average molecular weight is 1120 g/mol. The van der Waals surface area contributed by atoms with Crippen LogP contribution in [0.5, 0.6) is 11.5 Å². The number of hydrogen-bond donors (Lipinski definition) is 0. The Balaban J connectivity index is 0.00000608. The van der Waals surface area contributed by atoms with Crippen molar-refractivity contribution in [1.82, 2.24) is 9.55 Å².